The summed E-state index contributed by atoms with van der Waals surface area (Å²) in [5.74, 6) is 0.764. The van der Waals surface area contributed by atoms with Crippen LogP contribution in [0.4, 0.5) is 5.69 Å². The Morgan fingerprint density at radius 2 is 1.83 bits per heavy atom. The first-order valence-electron chi connectivity index (χ1n) is 6.75. The van der Waals surface area contributed by atoms with Gasteiger partial charge in [-0.05, 0) is 31.9 Å². The van der Waals surface area contributed by atoms with Crippen LogP contribution in [0.1, 0.15) is 45.3 Å². The van der Waals surface area contributed by atoms with Crippen molar-refractivity contribution in [2.24, 2.45) is 0 Å². The van der Waals surface area contributed by atoms with Crippen molar-refractivity contribution in [2.75, 3.05) is 25.1 Å². The quantitative estimate of drug-likeness (QED) is 0.806. The molecule has 1 unspecified atom stereocenters. The molecule has 1 aromatic carbocycles. The molecule has 0 aromatic heterocycles. The predicted molar refractivity (Wildman–Crippen MR) is 76.4 cm³/mol. The zero-order valence-corrected chi connectivity index (χ0v) is 11.9. The molecule has 0 fully saturated rings. The minimum Gasteiger partial charge on any atom is -0.496 e. The van der Waals surface area contributed by atoms with Crippen molar-refractivity contribution in [2.45, 2.75) is 39.7 Å². The molecule has 0 aliphatic heterocycles. The minimum absolute atomic E-state index is 0.521. The van der Waals surface area contributed by atoms with Crippen LogP contribution in [0, 0.1) is 0 Å². The zero-order valence-electron chi connectivity index (χ0n) is 11.9. The Hall–Kier alpha value is -1.22. The SMILES string of the molecule is CCCN(CCC)c1cccc(OC)c1C(C)O. The first kappa shape index (κ1) is 14.8. The van der Waals surface area contributed by atoms with Crippen LogP contribution in [0.15, 0.2) is 18.2 Å². The Kier molecular flexibility index (Phi) is 5.99. The molecule has 1 atom stereocenters. The topological polar surface area (TPSA) is 32.7 Å². The molecule has 0 amide bonds. The molecule has 0 radical (unpaired) electrons. The molecule has 0 spiro atoms. The maximum atomic E-state index is 10.00. The van der Waals surface area contributed by atoms with Gasteiger partial charge in [-0.15, -0.1) is 0 Å². The molecule has 0 aliphatic carbocycles. The van der Waals surface area contributed by atoms with Crippen LogP contribution in [0.3, 0.4) is 0 Å². The maximum Gasteiger partial charge on any atom is 0.126 e. The predicted octanol–water partition coefficient (Wildman–Crippen LogP) is 3.37. The number of aliphatic hydroxyl groups is 1. The van der Waals surface area contributed by atoms with E-state index in [9.17, 15) is 5.11 Å². The largest absolute Gasteiger partial charge is 0.496 e. The summed E-state index contributed by atoms with van der Waals surface area (Å²) in [6.45, 7) is 8.13. The number of nitrogens with zero attached hydrogens (tertiary/aromatic N) is 1. The summed E-state index contributed by atoms with van der Waals surface area (Å²) in [5, 5.41) is 10.00. The van der Waals surface area contributed by atoms with Gasteiger partial charge in [-0.1, -0.05) is 19.9 Å². The fraction of sp³-hybridized carbons (Fsp3) is 0.600. The standard InChI is InChI=1S/C15H25NO2/c1-5-10-16(11-6-2)13-8-7-9-14(18-4)15(13)12(3)17/h7-9,12,17H,5-6,10-11H2,1-4H3. The van der Waals surface area contributed by atoms with Gasteiger partial charge < -0.3 is 14.7 Å². The average Bonchev–Trinajstić information content (AvgIpc) is 2.37. The summed E-state index contributed by atoms with van der Waals surface area (Å²) >= 11 is 0. The summed E-state index contributed by atoms with van der Waals surface area (Å²) in [7, 11) is 1.65. The van der Waals surface area contributed by atoms with E-state index in [0.29, 0.717) is 0 Å². The molecule has 18 heavy (non-hydrogen) atoms. The Morgan fingerprint density at radius 3 is 2.28 bits per heavy atom. The van der Waals surface area contributed by atoms with Crippen LogP contribution in [0.2, 0.25) is 0 Å². The monoisotopic (exact) mass is 251 g/mol. The van der Waals surface area contributed by atoms with E-state index in [0.717, 1.165) is 42.9 Å². The Labute approximate surface area is 110 Å². The summed E-state index contributed by atoms with van der Waals surface area (Å²) in [6.07, 6.45) is 1.67. The average molecular weight is 251 g/mol. The highest BCUT2D eigenvalue weighted by Crippen LogP contribution is 2.34. The highest BCUT2D eigenvalue weighted by atomic mass is 16.5. The van der Waals surface area contributed by atoms with Gasteiger partial charge in [0.05, 0.1) is 13.2 Å². The molecule has 1 aromatic rings. The lowest BCUT2D eigenvalue weighted by Crippen LogP contribution is -2.26. The maximum absolute atomic E-state index is 10.00. The van der Waals surface area contributed by atoms with Crippen LogP contribution in [-0.4, -0.2) is 25.3 Å². The molecule has 0 aliphatic rings. The summed E-state index contributed by atoms with van der Waals surface area (Å²) in [6, 6.07) is 5.95. The normalized spacial score (nSPS) is 12.3. The summed E-state index contributed by atoms with van der Waals surface area (Å²) < 4.78 is 5.37. The van der Waals surface area contributed by atoms with E-state index in [2.05, 4.69) is 24.8 Å². The number of benzene rings is 1. The van der Waals surface area contributed by atoms with Crippen molar-refractivity contribution in [1.82, 2.24) is 0 Å². The molecule has 0 bridgehead atoms. The van der Waals surface area contributed by atoms with E-state index in [1.54, 1.807) is 14.0 Å². The third kappa shape index (κ3) is 3.39. The first-order valence-corrected chi connectivity index (χ1v) is 6.75. The molecule has 3 nitrogen and oxygen atoms in total. The number of methoxy groups -OCH3 is 1. The zero-order chi connectivity index (χ0) is 13.5. The Bertz CT molecular complexity index is 358. The van der Waals surface area contributed by atoms with E-state index < -0.39 is 6.10 Å². The lowest BCUT2D eigenvalue weighted by molar-refractivity contribution is 0.194. The third-order valence-electron chi connectivity index (χ3n) is 3.01. The van der Waals surface area contributed by atoms with Gasteiger partial charge >= 0.3 is 0 Å². The van der Waals surface area contributed by atoms with Gasteiger partial charge in [-0.3, -0.25) is 0 Å². The van der Waals surface area contributed by atoms with E-state index in [1.165, 1.54) is 0 Å². The first-order chi connectivity index (χ1) is 8.65. The van der Waals surface area contributed by atoms with Gasteiger partial charge in [0.2, 0.25) is 0 Å². The highest BCUT2D eigenvalue weighted by molar-refractivity contribution is 5.60. The van der Waals surface area contributed by atoms with E-state index in [1.807, 2.05) is 12.1 Å². The molecule has 102 valence electrons. The minimum atomic E-state index is -0.521. The van der Waals surface area contributed by atoms with Gasteiger partial charge in [0, 0.05) is 24.3 Å². The van der Waals surface area contributed by atoms with Crippen LogP contribution in [-0.2, 0) is 0 Å². The van der Waals surface area contributed by atoms with Crippen molar-refractivity contribution in [3.8, 4) is 5.75 Å². The number of hydrogen-bond donors (Lipinski definition) is 1. The van der Waals surface area contributed by atoms with Gasteiger partial charge in [-0.25, -0.2) is 0 Å². The summed E-state index contributed by atoms with van der Waals surface area (Å²) in [4.78, 5) is 2.32. The second kappa shape index (κ2) is 7.27. The number of aliphatic hydroxyl groups excluding tert-OH is 1. The summed E-state index contributed by atoms with van der Waals surface area (Å²) in [5.41, 5.74) is 1.98. The molecule has 0 saturated carbocycles. The Morgan fingerprint density at radius 1 is 1.22 bits per heavy atom. The van der Waals surface area contributed by atoms with E-state index >= 15 is 0 Å². The van der Waals surface area contributed by atoms with Gasteiger partial charge in [-0.2, -0.15) is 0 Å². The van der Waals surface area contributed by atoms with Crippen molar-refractivity contribution in [3.63, 3.8) is 0 Å². The number of hydrogen-bond acceptors (Lipinski definition) is 3. The van der Waals surface area contributed by atoms with E-state index in [-0.39, 0.29) is 0 Å². The van der Waals surface area contributed by atoms with Crippen LogP contribution < -0.4 is 9.64 Å². The van der Waals surface area contributed by atoms with Crippen LogP contribution in [0.5, 0.6) is 5.75 Å². The van der Waals surface area contributed by atoms with Crippen molar-refractivity contribution >= 4 is 5.69 Å². The molecule has 1 rings (SSSR count). The van der Waals surface area contributed by atoms with Crippen molar-refractivity contribution < 1.29 is 9.84 Å². The van der Waals surface area contributed by atoms with Gasteiger partial charge in [0.1, 0.15) is 5.75 Å². The molecule has 0 heterocycles. The molecule has 0 saturated heterocycles. The fourth-order valence-corrected chi connectivity index (χ4v) is 2.30. The molecule has 1 N–H and O–H groups in total. The van der Waals surface area contributed by atoms with Gasteiger partial charge in [0.15, 0.2) is 0 Å². The molecular weight excluding hydrogens is 226 g/mol. The Balaban J connectivity index is 3.18. The lowest BCUT2D eigenvalue weighted by atomic mass is 10.1. The molecular formula is C15H25NO2. The van der Waals surface area contributed by atoms with Crippen molar-refractivity contribution in [3.05, 3.63) is 23.8 Å². The van der Waals surface area contributed by atoms with Crippen molar-refractivity contribution in [1.29, 1.82) is 0 Å². The second-order valence-electron chi connectivity index (χ2n) is 4.56. The van der Waals surface area contributed by atoms with E-state index in [4.69, 9.17) is 4.74 Å². The number of ether oxygens (including phenoxy) is 1. The molecule has 3 heteroatoms. The smallest absolute Gasteiger partial charge is 0.126 e. The van der Waals surface area contributed by atoms with Crippen LogP contribution in [0.25, 0.3) is 0 Å². The second-order valence-corrected chi connectivity index (χ2v) is 4.56. The third-order valence-corrected chi connectivity index (χ3v) is 3.01. The highest BCUT2D eigenvalue weighted by Gasteiger charge is 2.17. The van der Waals surface area contributed by atoms with Crippen LogP contribution >= 0.6 is 0 Å². The number of anilines is 1. The number of rotatable bonds is 7. The fourth-order valence-electron chi connectivity index (χ4n) is 2.30. The lowest BCUT2D eigenvalue weighted by Gasteiger charge is -2.28. The van der Waals surface area contributed by atoms with Gasteiger partial charge in [0.25, 0.3) is 0 Å².